The molecule has 7 nitrogen and oxygen atoms in total. The molecule has 9 heteroatoms. The maximum absolute atomic E-state index is 13.7. The first kappa shape index (κ1) is 24.4. The average molecular weight is 473 g/mol. The molecule has 5 atom stereocenters. The molecule has 1 saturated carbocycles. The fourth-order valence-corrected chi connectivity index (χ4v) is 8.17. The van der Waals surface area contributed by atoms with Gasteiger partial charge in [0.15, 0.2) is 0 Å². The van der Waals surface area contributed by atoms with Gasteiger partial charge in [-0.05, 0) is 82.7 Å². The summed E-state index contributed by atoms with van der Waals surface area (Å²) in [5.41, 5.74) is 0. The first-order valence-corrected chi connectivity index (χ1v) is 14.3. The summed E-state index contributed by atoms with van der Waals surface area (Å²) in [6, 6.07) is 0.436. The number of nitrogens with zero attached hydrogens (tertiary/aromatic N) is 1. The van der Waals surface area contributed by atoms with E-state index >= 15 is 0 Å². The molecule has 4 aliphatic rings. The molecule has 0 aromatic heterocycles. The van der Waals surface area contributed by atoms with E-state index in [1.807, 2.05) is 0 Å². The first-order chi connectivity index (χ1) is 15.4. The highest BCUT2D eigenvalue weighted by atomic mass is 32.2. The molecule has 0 aromatic rings. The molecule has 184 valence electrons. The molecule has 3 aliphatic heterocycles. The third kappa shape index (κ3) is 6.02. The summed E-state index contributed by atoms with van der Waals surface area (Å²) in [6.07, 6.45) is 7.89. The van der Waals surface area contributed by atoms with Crippen LogP contribution >= 0.6 is 0 Å². The number of hydrogen-bond donors (Lipinski definition) is 3. The van der Waals surface area contributed by atoms with Gasteiger partial charge in [-0.3, -0.25) is 4.79 Å². The molecule has 1 amide bonds. The zero-order valence-corrected chi connectivity index (χ0v) is 20.1. The number of hydrogen-bond acceptors (Lipinski definition) is 5. The zero-order chi connectivity index (χ0) is 22.6. The van der Waals surface area contributed by atoms with Crippen LogP contribution in [-0.4, -0.2) is 74.9 Å². The van der Waals surface area contributed by atoms with E-state index in [2.05, 4.69) is 16.0 Å². The van der Waals surface area contributed by atoms with Gasteiger partial charge in [0.25, 0.3) is 0 Å². The molecule has 0 aromatic carbocycles. The van der Waals surface area contributed by atoms with Crippen molar-refractivity contribution in [3.8, 4) is 0 Å². The third-order valence-electron chi connectivity index (χ3n) is 8.13. The predicted molar refractivity (Wildman–Crippen MR) is 124 cm³/mol. The summed E-state index contributed by atoms with van der Waals surface area (Å²) in [4.78, 5) is 12.5. The van der Waals surface area contributed by atoms with Crippen molar-refractivity contribution in [1.29, 1.82) is 0 Å². The highest BCUT2D eigenvalue weighted by Crippen LogP contribution is 2.31. The van der Waals surface area contributed by atoms with Gasteiger partial charge in [0, 0.05) is 25.7 Å². The molecule has 3 heterocycles. The highest BCUT2D eigenvalue weighted by Gasteiger charge is 2.39. The van der Waals surface area contributed by atoms with Gasteiger partial charge in [-0.2, -0.15) is 0 Å². The Morgan fingerprint density at radius 1 is 1.06 bits per heavy atom. The van der Waals surface area contributed by atoms with Crippen molar-refractivity contribution in [1.82, 2.24) is 20.3 Å². The average Bonchev–Trinajstić information content (AvgIpc) is 3.23. The van der Waals surface area contributed by atoms with Gasteiger partial charge in [-0.25, -0.2) is 17.1 Å². The van der Waals surface area contributed by atoms with Gasteiger partial charge in [-0.1, -0.05) is 12.8 Å². The Morgan fingerprint density at radius 2 is 1.88 bits per heavy atom. The second-order valence-electron chi connectivity index (χ2n) is 10.4. The minimum Gasteiger partial charge on any atom is -0.355 e. The Balaban J connectivity index is 1.09. The van der Waals surface area contributed by atoms with Gasteiger partial charge in [0.05, 0.1) is 11.3 Å². The van der Waals surface area contributed by atoms with Crippen LogP contribution in [0.1, 0.15) is 70.6 Å². The number of alkyl halides is 1. The van der Waals surface area contributed by atoms with Crippen molar-refractivity contribution in [3.63, 3.8) is 0 Å². The molecule has 4 rings (SSSR count). The summed E-state index contributed by atoms with van der Waals surface area (Å²) >= 11 is 0. The minimum atomic E-state index is -3.36. The van der Waals surface area contributed by atoms with E-state index < -0.39 is 21.4 Å². The Kier molecular flexibility index (Phi) is 8.45. The second kappa shape index (κ2) is 11.1. The lowest BCUT2D eigenvalue weighted by molar-refractivity contribution is -0.122. The Morgan fingerprint density at radius 3 is 2.62 bits per heavy atom. The number of sulfonamides is 1. The summed E-state index contributed by atoms with van der Waals surface area (Å²) < 4.78 is 41.0. The van der Waals surface area contributed by atoms with Gasteiger partial charge in [-0.15, -0.1) is 0 Å². The van der Waals surface area contributed by atoms with Gasteiger partial charge in [0.2, 0.25) is 15.9 Å². The molecule has 1 aliphatic carbocycles. The van der Waals surface area contributed by atoms with E-state index in [0.717, 1.165) is 58.0 Å². The van der Waals surface area contributed by atoms with Crippen molar-refractivity contribution in [2.45, 2.75) is 94.1 Å². The topological polar surface area (TPSA) is 90.5 Å². The van der Waals surface area contributed by atoms with Crippen molar-refractivity contribution in [3.05, 3.63) is 0 Å². The summed E-state index contributed by atoms with van der Waals surface area (Å²) in [7, 11) is -3.36. The summed E-state index contributed by atoms with van der Waals surface area (Å²) in [5, 5.41) is 9.49. The molecule has 32 heavy (non-hydrogen) atoms. The van der Waals surface area contributed by atoms with Gasteiger partial charge < -0.3 is 16.0 Å². The van der Waals surface area contributed by atoms with Crippen molar-refractivity contribution in [2.75, 3.05) is 32.7 Å². The van der Waals surface area contributed by atoms with Crippen LogP contribution < -0.4 is 16.0 Å². The van der Waals surface area contributed by atoms with Crippen LogP contribution in [0, 0.1) is 11.8 Å². The number of fused-ring (bicyclic) bond motifs is 1. The summed E-state index contributed by atoms with van der Waals surface area (Å²) in [5.74, 6) is 1.26. The number of carbonyl (C=O) groups excluding carboxylic acids is 1. The standard InChI is InChI=1S/C23H41FN4O3S/c24-19-5-3-6-20(15-19)32(30,31)28-12-8-17(9-13-28)4-1-2-10-26-23(29)22-14-18-16-25-11-7-21(18)27-22/h17-22,25,27H,1-16H2,(H,26,29). The molecule has 5 unspecified atom stereocenters. The normalized spacial score (nSPS) is 34.8. The smallest absolute Gasteiger partial charge is 0.237 e. The Hall–Kier alpha value is -0.770. The van der Waals surface area contributed by atoms with E-state index in [-0.39, 0.29) is 18.4 Å². The number of piperidine rings is 2. The fraction of sp³-hybridized carbons (Fsp3) is 0.957. The molecule has 0 radical (unpaired) electrons. The van der Waals surface area contributed by atoms with Crippen LogP contribution in [0.25, 0.3) is 0 Å². The van der Waals surface area contributed by atoms with Crippen LogP contribution in [0.5, 0.6) is 0 Å². The fourth-order valence-electron chi connectivity index (χ4n) is 6.12. The number of halogens is 1. The molecule has 3 N–H and O–H groups in total. The number of unbranched alkanes of at least 4 members (excludes halogenated alkanes) is 1. The van der Waals surface area contributed by atoms with Crippen LogP contribution in [-0.2, 0) is 14.8 Å². The van der Waals surface area contributed by atoms with Crippen molar-refractivity contribution in [2.24, 2.45) is 11.8 Å². The molecular weight excluding hydrogens is 431 g/mol. The van der Waals surface area contributed by atoms with Crippen molar-refractivity contribution < 1.29 is 17.6 Å². The number of carbonyl (C=O) groups is 1. The van der Waals surface area contributed by atoms with Crippen LogP contribution in [0.2, 0.25) is 0 Å². The molecule has 4 fully saturated rings. The quantitative estimate of drug-likeness (QED) is 0.470. The van der Waals surface area contributed by atoms with E-state index in [0.29, 0.717) is 56.8 Å². The summed E-state index contributed by atoms with van der Waals surface area (Å²) in [6.45, 7) is 3.90. The first-order valence-electron chi connectivity index (χ1n) is 12.8. The molecular formula is C23H41FN4O3S. The maximum Gasteiger partial charge on any atom is 0.237 e. The van der Waals surface area contributed by atoms with Crippen LogP contribution in [0.3, 0.4) is 0 Å². The Labute approximate surface area is 192 Å². The van der Waals surface area contributed by atoms with Gasteiger partial charge >= 0.3 is 0 Å². The predicted octanol–water partition coefficient (Wildman–Crippen LogP) is 1.94. The Bertz CT molecular complexity index is 715. The van der Waals surface area contributed by atoms with E-state index in [4.69, 9.17) is 0 Å². The van der Waals surface area contributed by atoms with E-state index in [9.17, 15) is 17.6 Å². The lowest BCUT2D eigenvalue weighted by Gasteiger charge is -2.35. The number of rotatable bonds is 8. The van der Waals surface area contributed by atoms with Gasteiger partial charge in [0.1, 0.15) is 6.17 Å². The SMILES string of the molecule is O=C(NCCCCC1CCN(S(=O)(=O)C2CCCC(F)C2)CC1)C1CC2CNCCC2N1. The highest BCUT2D eigenvalue weighted by molar-refractivity contribution is 7.89. The van der Waals surface area contributed by atoms with E-state index in [1.54, 1.807) is 4.31 Å². The molecule has 0 spiro atoms. The van der Waals surface area contributed by atoms with Crippen molar-refractivity contribution >= 4 is 15.9 Å². The lowest BCUT2D eigenvalue weighted by Crippen LogP contribution is -2.45. The van der Waals surface area contributed by atoms with E-state index in [1.165, 1.54) is 0 Å². The molecule has 3 saturated heterocycles. The van der Waals surface area contributed by atoms with Crippen LogP contribution in [0.15, 0.2) is 0 Å². The largest absolute Gasteiger partial charge is 0.355 e. The van der Waals surface area contributed by atoms with Crippen LogP contribution in [0.4, 0.5) is 4.39 Å². The zero-order valence-electron chi connectivity index (χ0n) is 19.2. The number of nitrogens with one attached hydrogen (secondary N) is 3. The third-order valence-corrected chi connectivity index (χ3v) is 10.5. The minimum absolute atomic E-state index is 0.0481. The monoisotopic (exact) mass is 472 g/mol. The lowest BCUT2D eigenvalue weighted by atomic mass is 9.92. The number of amides is 1. The second-order valence-corrected chi connectivity index (χ2v) is 12.6. The molecule has 0 bridgehead atoms. The maximum atomic E-state index is 13.7.